The van der Waals surface area contributed by atoms with Crippen molar-refractivity contribution in [2.45, 2.75) is 94.4 Å². The SMILES string of the molecule is C=CC(=O)OCCSSCCOC(=O)C(CC(CC(C)(C)C(=O)OCC)C(=O)OCCSSCCOC(=O)C(C[C+](C)C(=O)OCCN(C)C)CC(C)(C)C(=O)OCC)CC(C)(C)C(=O)OCCN(C)C. The van der Waals surface area contributed by atoms with Crippen LogP contribution in [-0.4, -0.2) is 175 Å². The molecule has 71 heavy (non-hydrogen) atoms. The molecule has 0 spiro atoms. The first kappa shape index (κ1) is 67.7. The Labute approximate surface area is 439 Å². The molecular formula is C49H83N2O16S4+. The lowest BCUT2D eigenvalue weighted by molar-refractivity contribution is -0.161. The molecule has 3 unspecified atom stereocenters. The van der Waals surface area contributed by atoms with Gasteiger partial charge in [0.25, 0.3) is 0 Å². The van der Waals surface area contributed by atoms with Gasteiger partial charge in [0.1, 0.15) is 46.1 Å². The molecule has 0 amide bonds. The smallest absolute Gasteiger partial charge is 0.466 e. The fourth-order valence-electron chi connectivity index (χ4n) is 6.63. The molecule has 0 rings (SSSR count). The predicted octanol–water partition coefficient (Wildman–Crippen LogP) is 6.92. The number of hydrogen-bond acceptors (Lipinski definition) is 22. The van der Waals surface area contributed by atoms with Crippen molar-refractivity contribution in [1.82, 2.24) is 9.80 Å². The fourth-order valence-corrected chi connectivity index (χ4v) is 9.93. The molecule has 0 saturated heterocycles. The number of hydrogen-bond donors (Lipinski definition) is 0. The van der Waals surface area contributed by atoms with E-state index in [1.165, 1.54) is 43.2 Å². The lowest BCUT2D eigenvalue weighted by Gasteiger charge is -2.31. The zero-order valence-corrected chi connectivity index (χ0v) is 47.8. The van der Waals surface area contributed by atoms with Crippen molar-refractivity contribution in [2.75, 3.05) is 117 Å². The number of ether oxygens (including phenoxy) is 8. The third-order valence-electron chi connectivity index (χ3n) is 10.5. The van der Waals surface area contributed by atoms with E-state index < -0.39 is 81.8 Å². The first-order valence-corrected chi connectivity index (χ1v) is 28.8. The molecule has 0 aromatic heterocycles. The molecule has 0 aliphatic heterocycles. The van der Waals surface area contributed by atoms with Crippen LogP contribution in [0.25, 0.3) is 0 Å². The fraction of sp³-hybridized carbons (Fsp3) is 0.776. The van der Waals surface area contributed by atoms with Gasteiger partial charge in [0.15, 0.2) is 0 Å². The summed E-state index contributed by atoms with van der Waals surface area (Å²) in [5, 5.41) is 0. The number of rotatable bonds is 40. The van der Waals surface area contributed by atoms with Crippen molar-refractivity contribution in [3.05, 3.63) is 18.6 Å². The summed E-state index contributed by atoms with van der Waals surface area (Å²) in [6, 6.07) is 0. The maximum absolute atomic E-state index is 14.0. The van der Waals surface area contributed by atoms with Crippen LogP contribution in [0.4, 0.5) is 0 Å². The van der Waals surface area contributed by atoms with Gasteiger partial charge in [-0.05, 0) is 109 Å². The van der Waals surface area contributed by atoms with Gasteiger partial charge in [-0.1, -0.05) is 49.8 Å². The second-order valence-corrected chi connectivity index (χ2v) is 24.5. The molecule has 3 atom stereocenters. The van der Waals surface area contributed by atoms with E-state index >= 15 is 0 Å². The Morgan fingerprint density at radius 2 is 0.845 bits per heavy atom. The minimum Gasteiger partial charge on any atom is -0.466 e. The van der Waals surface area contributed by atoms with Crippen LogP contribution in [0.5, 0.6) is 0 Å². The maximum atomic E-state index is 14.0. The van der Waals surface area contributed by atoms with Gasteiger partial charge in [-0.2, -0.15) is 4.79 Å². The van der Waals surface area contributed by atoms with Crippen molar-refractivity contribution >= 4 is 90.9 Å². The molecule has 0 radical (unpaired) electrons. The summed E-state index contributed by atoms with van der Waals surface area (Å²) in [5.41, 5.74) is -3.34. The largest absolute Gasteiger partial charge is 0.498 e. The van der Waals surface area contributed by atoms with E-state index in [-0.39, 0.29) is 85.0 Å². The highest BCUT2D eigenvalue weighted by Gasteiger charge is 2.43. The van der Waals surface area contributed by atoms with Crippen LogP contribution in [0.2, 0.25) is 0 Å². The first-order valence-electron chi connectivity index (χ1n) is 23.8. The lowest BCUT2D eigenvalue weighted by Crippen LogP contribution is -2.37. The van der Waals surface area contributed by atoms with E-state index in [2.05, 4.69) is 6.58 Å². The molecule has 0 bridgehead atoms. The molecular weight excluding hydrogens is 1000 g/mol. The molecule has 0 aromatic rings. The molecule has 0 N–H and O–H groups in total. The molecule has 18 nitrogen and oxygen atoms in total. The van der Waals surface area contributed by atoms with Crippen LogP contribution < -0.4 is 0 Å². The normalized spacial score (nSPS) is 13.1. The van der Waals surface area contributed by atoms with Gasteiger partial charge in [-0.15, -0.1) is 0 Å². The number of carbonyl (C=O) groups is 8. The highest BCUT2D eigenvalue weighted by Crippen LogP contribution is 2.37. The summed E-state index contributed by atoms with van der Waals surface area (Å²) in [6.45, 7) is 20.3. The zero-order valence-electron chi connectivity index (χ0n) is 44.5. The average Bonchev–Trinajstić information content (AvgIpc) is 3.29. The maximum Gasteiger partial charge on any atom is 0.498 e. The summed E-state index contributed by atoms with van der Waals surface area (Å²) in [5.74, 6) is -5.16. The Morgan fingerprint density at radius 1 is 0.507 bits per heavy atom. The minimum absolute atomic E-state index is 0.0160. The second-order valence-electron chi connectivity index (χ2n) is 19.1. The van der Waals surface area contributed by atoms with Gasteiger partial charge in [-0.3, -0.25) is 28.8 Å². The van der Waals surface area contributed by atoms with Crippen LogP contribution >= 0.6 is 43.2 Å². The van der Waals surface area contributed by atoms with Gasteiger partial charge in [-0.25, -0.2) is 4.79 Å². The first-order chi connectivity index (χ1) is 33.2. The van der Waals surface area contributed by atoms with E-state index in [4.69, 9.17) is 37.9 Å². The Kier molecular flexibility index (Phi) is 34.9. The van der Waals surface area contributed by atoms with Crippen molar-refractivity contribution in [3.8, 4) is 0 Å². The summed E-state index contributed by atoms with van der Waals surface area (Å²) >= 11 is 0. The Morgan fingerprint density at radius 3 is 1.21 bits per heavy atom. The highest BCUT2D eigenvalue weighted by atomic mass is 33.1. The quantitative estimate of drug-likeness (QED) is 0.0152. The van der Waals surface area contributed by atoms with E-state index in [0.717, 1.165) is 6.08 Å². The van der Waals surface area contributed by atoms with Crippen LogP contribution in [0.1, 0.15) is 94.4 Å². The van der Waals surface area contributed by atoms with Gasteiger partial charge >= 0.3 is 47.8 Å². The Bertz CT molecular complexity index is 1660. The lowest BCUT2D eigenvalue weighted by atomic mass is 9.75. The van der Waals surface area contributed by atoms with Crippen LogP contribution in [0, 0.1) is 39.9 Å². The van der Waals surface area contributed by atoms with Crippen LogP contribution in [0.15, 0.2) is 12.7 Å². The van der Waals surface area contributed by atoms with Crippen molar-refractivity contribution in [1.29, 1.82) is 0 Å². The molecule has 0 aromatic carbocycles. The monoisotopic (exact) mass is 1080 g/mol. The van der Waals surface area contributed by atoms with Crippen molar-refractivity contribution < 1.29 is 76.3 Å². The number of esters is 8. The zero-order chi connectivity index (χ0) is 54.2. The molecule has 0 fully saturated rings. The minimum atomic E-state index is -1.16. The van der Waals surface area contributed by atoms with E-state index in [0.29, 0.717) is 42.0 Å². The number of likely N-dealkylation sites (N-methyl/N-ethyl adjacent to an activating group) is 2. The molecule has 0 aliphatic rings. The molecule has 0 heterocycles. The van der Waals surface area contributed by atoms with Crippen LogP contribution in [0.3, 0.4) is 0 Å². The van der Waals surface area contributed by atoms with Gasteiger partial charge in [0, 0.05) is 42.2 Å². The summed E-state index contributed by atoms with van der Waals surface area (Å²) in [4.78, 5) is 108. The summed E-state index contributed by atoms with van der Waals surface area (Å²) < 4.78 is 43.6. The highest BCUT2D eigenvalue weighted by molar-refractivity contribution is 8.77. The third-order valence-corrected chi connectivity index (χ3v) is 15.1. The molecule has 22 heteroatoms. The summed E-state index contributed by atoms with van der Waals surface area (Å²) in [7, 11) is 13.0. The Balaban J connectivity index is 5.90. The molecule has 0 saturated carbocycles. The Hall–Kier alpha value is -3.31. The van der Waals surface area contributed by atoms with Gasteiger partial charge in [0.05, 0.1) is 54.1 Å². The average molecular weight is 1080 g/mol. The topological polar surface area (TPSA) is 217 Å². The van der Waals surface area contributed by atoms with Crippen molar-refractivity contribution in [2.24, 2.45) is 34.0 Å². The third kappa shape index (κ3) is 30.5. The number of nitrogens with zero attached hydrogens (tertiary/aromatic N) is 2. The van der Waals surface area contributed by atoms with Crippen LogP contribution in [-0.2, 0) is 76.3 Å². The van der Waals surface area contributed by atoms with Crippen molar-refractivity contribution in [3.63, 3.8) is 0 Å². The van der Waals surface area contributed by atoms with Gasteiger partial charge < -0.3 is 47.7 Å². The van der Waals surface area contributed by atoms with E-state index in [1.54, 1.807) is 62.3 Å². The van der Waals surface area contributed by atoms with Gasteiger partial charge in [0.2, 0.25) is 5.92 Å². The predicted molar refractivity (Wildman–Crippen MR) is 280 cm³/mol. The van der Waals surface area contributed by atoms with E-state index in [9.17, 15) is 38.4 Å². The second kappa shape index (κ2) is 36.6. The molecule has 0 aliphatic carbocycles. The van der Waals surface area contributed by atoms with E-state index in [1.807, 2.05) is 38.0 Å². The summed E-state index contributed by atoms with van der Waals surface area (Å²) in [6.07, 6.45) is 1.07. The molecule has 408 valence electrons. The standard InChI is InChI=1S/C49H83N2O16S4/c1-15-39(52)62-22-26-68-69-28-24-66-43(56)38(34-49(9,10)46(59)67-21-19-51(13)14)31-37(33-48(7,8)45(58)61-17-3)42(55)65-25-29-71-70-27-23-64-41(54)36(32-47(5,6)44(57)60-16-2)30-35(4)40(53)63-20-18-50(11)12/h15,36-38H,1,16-34H2,2-14H3/q+1. The number of carbonyl (C=O) groups excluding carboxylic acids is 8.